The van der Waals surface area contributed by atoms with Crippen LogP contribution in [0.15, 0.2) is 48.5 Å². The van der Waals surface area contributed by atoms with Gasteiger partial charge >= 0.3 is 0 Å². The fraction of sp³-hybridized carbons (Fsp3) is 0.333. The van der Waals surface area contributed by atoms with Gasteiger partial charge in [0.1, 0.15) is 5.75 Å². The van der Waals surface area contributed by atoms with Gasteiger partial charge in [-0.1, -0.05) is 25.1 Å². The zero-order valence-electron chi connectivity index (χ0n) is 15.0. The number of nitrogens with one attached hydrogen (secondary N) is 1. The third kappa shape index (κ3) is 4.63. The van der Waals surface area contributed by atoms with Gasteiger partial charge in [0, 0.05) is 30.4 Å². The number of anilines is 1. The molecule has 1 aliphatic rings. The number of ether oxygens (including phenoxy) is 1. The number of carbonyl (C=O) groups excluding carboxylic acids is 2. The van der Waals surface area contributed by atoms with E-state index >= 15 is 0 Å². The van der Waals surface area contributed by atoms with Crippen LogP contribution in [0.3, 0.4) is 0 Å². The molecule has 5 nitrogen and oxygen atoms in total. The Morgan fingerprint density at radius 1 is 1.08 bits per heavy atom. The molecule has 0 bridgehead atoms. The number of aryl methyl sites for hydroxylation is 1. The van der Waals surface area contributed by atoms with Crippen LogP contribution in [0.1, 0.15) is 35.7 Å². The van der Waals surface area contributed by atoms with Gasteiger partial charge in [0.25, 0.3) is 11.8 Å². The van der Waals surface area contributed by atoms with E-state index in [1.165, 1.54) is 5.56 Å². The average Bonchev–Trinajstić information content (AvgIpc) is 3.21. The van der Waals surface area contributed by atoms with Gasteiger partial charge < -0.3 is 15.0 Å². The molecule has 5 heteroatoms. The summed E-state index contributed by atoms with van der Waals surface area (Å²) in [5.41, 5.74) is 2.44. The predicted molar refractivity (Wildman–Crippen MR) is 102 cm³/mol. The number of hydrogen-bond donors (Lipinski definition) is 1. The van der Waals surface area contributed by atoms with Gasteiger partial charge in [-0.25, -0.2) is 0 Å². The lowest BCUT2D eigenvalue weighted by Crippen LogP contribution is -2.32. The molecule has 3 rings (SSSR count). The van der Waals surface area contributed by atoms with Crippen LogP contribution in [0, 0.1) is 0 Å². The SMILES string of the molecule is CCc1ccc(C(=O)Nc2cccc(OCC(=O)N3CCCC3)c2)cc1. The van der Waals surface area contributed by atoms with E-state index in [1.807, 2.05) is 29.2 Å². The maximum absolute atomic E-state index is 12.4. The standard InChI is InChI=1S/C21H24N2O3/c1-2-16-8-10-17(11-9-16)21(25)22-18-6-5-7-19(14-18)26-15-20(24)23-12-3-4-13-23/h5-11,14H,2-4,12-13,15H2,1H3,(H,22,25). The Balaban J connectivity index is 1.57. The Labute approximate surface area is 154 Å². The molecule has 0 atom stereocenters. The number of nitrogens with zero attached hydrogens (tertiary/aromatic N) is 1. The first-order valence-corrected chi connectivity index (χ1v) is 9.06. The van der Waals surface area contributed by atoms with Crippen LogP contribution in [0.5, 0.6) is 5.75 Å². The Kier molecular flexibility index (Phi) is 5.89. The van der Waals surface area contributed by atoms with E-state index in [1.54, 1.807) is 24.3 Å². The van der Waals surface area contributed by atoms with Crippen LogP contribution in [0.2, 0.25) is 0 Å². The fourth-order valence-electron chi connectivity index (χ4n) is 2.96. The summed E-state index contributed by atoms with van der Waals surface area (Å²) in [5, 5.41) is 2.86. The molecule has 0 radical (unpaired) electrons. The van der Waals surface area contributed by atoms with Crippen molar-refractivity contribution in [2.45, 2.75) is 26.2 Å². The molecule has 0 spiro atoms. The lowest BCUT2D eigenvalue weighted by molar-refractivity contribution is -0.132. The van der Waals surface area contributed by atoms with E-state index in [4.69, 9.17) is 4.74 Å². The van der Waals surface area contributed by atoms with Crippen LogP contribution in [0.25, 0.3) is 0 Å². The van der Waals surface area contributed by atoms with Gasteiger partial charge in [0.15, 0.2) is 6.61 Å². The fourth-order valence-corrected chi connectivity index (χ4v) is 2.96. The molecule has 0 unspecified atom stereocenters. The summed E-state index contributed by atoms with van der Waals surface area (Å²) in [7, 11) is 0. The number of carbonyl (C=O) groups is 2. The quantitative estimate of drug-likeness (QED) is 0.866. The molecule has 1 saturated heterocycles. The van der Waals surface area contributed by atoms with Crippen molar-refractivity contribution < 1.29 is 14.3 Å². The lowest BCUT2D eigenvalue weighted by atomic mass is 10.1. The molecular formula is C21H24N2O3. The first kappa shape index (κ1) is 18.0. The van der Waals surface area contributed by atoms with Crippen molar-refractivity contribution in [3.63, 3.8) is 0 Å². The predicted octanol–water partition coefficient (Wildman–Crippen LogP) is 3.50. The molecule has 136 valence electrons. The van der Waals surface area contributed by atoms with E-state index in [2.05, 4.69) is 12.2 Å². The van der Waals surface area contributed by atoms with Gasteiger partial charge in [-0.05, 0) is 49.1 Å². The van der Waals surface area contributed by atoms with Crippen LogP contribution in [-0.2, 0) is 11.2 Å². The Hall–Kier alpha value is -2.82. The van der Waals surface area contributed by atoms with Crippen molar-refractivity contribution in [1.29, 1.82) is 0 Å². The summed E-state index contributed by atoms with van der Waals surface area (Å²) >= 11 is 0. The van der Waals surface area contributed by atoms with Gasteiger partial charge in [-0.15, -0.1) is 0 Å². The highest BCUT2D eigenvalue weighted by Gasteiger charge is 2.18. The number of likely N-dealkylation sites (tertiary alicyclic amines) is 1. The van der Waals surface area contributed by atoms with E-state index < -0.39 is 0 Å². The van der Waals surface area contributed by atoms with E-state index in [-0.39, 0.29) is 18.4 Å². The van der Waals surface area contributed by atoms with E-state index in [9.17, 15) is 9.59 Å². The van der Waals surface area contributed by atoms with Crippen molar-refractivity contribution >= 4 is 17.5 Å². The van der Waals surface area contributed by atoms with Gasteiger partial charge in [0.2, 0.25) is 0 Å². The summed E-state index contributed by atoms with van der Waals surface area (Å²) < 4.78 is 5.60. The van der Waals surface area contributed by atoms with Crippen LogP contribution >= 0.6 is 0 Å². The maximum atomic E-state index is 12.4. The van der Waals surface area contributed by atoms with Crippen molar-refractivity contribution in [2.75, 3.05) is 25.0 Å². The minimum atomic E-state index is -0.169. The number of hydrogen-bond acceptors (Lipinski definition) is 3. The van der Waals surface area contributed by atoms with E-state index in [0.29, 0.717) is 17.0 Å². The van der Waals surface area contributed by atoms with Gasteiger partial charge in [-0.2, -0.15) is 0 Å². The number of rotatable bonds is 6. The molecule has 0 aliphatic carbocycles. The van der Waals surface area contributed by atoms with Gasteiger partial charge in [0.05, 0.1) is 0 Å². The summed E-state index contributed by atoms with van der Waals surface area (Å²) in [5.74, 6) is 0.405. The Morgan fingerprint density at radius 3 is 2.50 bits per heavy atom. The van der Waals surface area contributed by atoms with Crippen molar-refractivity contribution in [3.8, 4) is 5.75 Å². The van der Waals surface area contributed by atoms with Gasteiger partial charge in [-0.3, -0.25) is 9.59 Å². The zero-order valence-corrected chi connectivity index (χ0v) is 15.0. The van der Waals surface area contributed by atoms with Crippen LogP contribution in [0.4, 0.5) is 5.69 Å². The second-order valence-corrected chi connectivity index (χ2v) is 6.41. The molecule has 1 fully saturated rings. The monoisotopic (exact) mass is 352 g/mol. The molecule has 2 amide bonds. The second-order valence-electron chi connectivity index (χ2n) is 6.41. The minimum Gasteiger partial charge on any atom is -0.484 e. The molecule has 1 heterocycles. The van der Waals surface area contributed by atoms with Crippen LogP contribution < -0.4 is 10.1 Å². The van der Waals surface area contributed by atoms with E-state index in [0.717, 1.165) is 32.4 Å². The Morgan fingerprint density at radius 2 is 1.81 bits per heavy atom. The topological polar surface area (TPSA) is 58.6 Å². The molecule has 2 aromatic carbocycles. The molecule has 2 aromatic rings. The number of benzene rings is 2. The average molecular weight is 352 g/mol. The highest BCUT2D eigenvalue weighted by Crippen LogP contribution is 2.19. The molecule has 0 aromatic heterocycles. The molecule has 26 heavy (non-hydrogen) atoms. The summed E-state index contributed by atoms with van der Waals surface area (Å²) in [4.78, 5) is 26.2. The smallest absolute Gasteiger partial charge is 0.260 e. The largest absolute Gasteiger partial charge is 0.484 e. The number of amides is 2. The van der Waals surface area contributed by atoms with Crippen molar-refractivity contribution in [1.82, 2.24) is 4.90 Å². The normalized spacial score (nSPS) is 13.5. The molecule has 1 aliphatic heterocycles. The second kappa shape index (κ2) is 8.52. The van der Waals surface area contributed by atoms with Crippen LogP contribution in [-0.4, -0.2) is 36.4 Å². The lowest BCUT2D eigenvalue weighted by Gasteiger charge is -2.15. The first-order chi connectivity index (χ1) is 12.7. The minimum absolute atomic E-state index is 0.00736. The maximum Gasteiger partial charge on any atom is 0.260 e. The molecule has 1 N–H and O–H groups in total. The third-order valence-corrected chi connectivity index (χ3v) is 4.54. The highest BCUT2D eigenvalue weighted by atomic mass is 16.5. The van der Waals surface area contributed by atoms with Crippen molar-refractivity contribution in [3.05, 3.63) is 59.7 Å². The summed E-state index contributed by atoms with van der Waals surface area (Å²) in [6.45, 7) is 3.73. The third-order valence-electron chi connectivity index (χ3n) is 4.54. The highest BCUT2D eigenvalue weighted by molar-refractivity contribution is 6.04. The molecule has 0 saturated carbocycles. The first-order valence-electron chi connectivity index (χ1n) is 9.06. The summed E-state index contributed by atoms with van der Waals surface area (Å²) in [6.07, 6.45) is 3.07. The zero-order chi connectivity index (χ0) is 18.4. The summed E-state index contributed by atoms with van der Waals surface area (Å²) in [6, 6.07) is 14.7. The van der Waals surface area contributed by atoms with Crippen molar-refractivity contribution in [2.24, 2.45) is 0 Å². The Bertz CT molecular complexity index is 765. The molecular weight excluding hydrogens is 328 g/mol.